The fraction of sp³-hybridized carbons (Fsp3) is 0.350. The van der Waals surface area contributed by atoms with E-state index >= 15 is 0 Å². The molecule has 0 bridgehead atoms. The summed E-state index contributed by atoms with van der Waals surface area (Å²) in [5, 5.41) is 10.5. The number of aromatic nitrogens is 1. The Balaban J connectivity index is 1.62. The van der Waals surface area contributed by atoms with Gasteiger partial charge in [0.1, 0.15) is 0 Å². The van der Waals surface area contributed by atoms with Crippen molar-refractivity contribution in [2.24, 2.45) is 0 Å². The van der Waals surface area contributed by atoms with Crippen molar-refractivity contribution >= 4 is 40.5 Å². The second-order valence-corrected chi connectivity index (χ2v) is 8.59. The topological polar surface area (TPSA) is 70.5 Å². The Morgan fingerprint density at radius 2 is 2.15 bits per heavy atom. The summed E-state index contributed by atoms with van der Waals surface area (Å²) in [6.07, 6.45) is 3.50. The van der Waals surface area contributed by atoms with Crippen LogP contribution in [-0.2, 0) is 4.79 Å². The third-order valence-electron chi connectivity index (χ3n) is 4.77. The number of hydrogen-bond donors (Lipinski definition) is 1. The molecule has 142 valence electrons. The third kappa shape index (κ3) is 4.59. The maximum absolute atomic E-state index is 12.3. The molecule has 1 saturated heterocycles. The van der Waals surface area contributed by atoms with Crippen LogP contribution in [0, 0.1) is 0 Å². The first-order chi connectivity index (χ1) is 13.0. The van der Waals surface area contributed by atoms with Crippen LogP contribution < -0.4 is 0 Å². The minimum absolute atomic E-state index is 0.0779. The molecular formula is C20H22N2O3S2. The first-order valence-corrected chi connectivity index (χ1v) is 10.7. The fourth-order valence-corrected chi connectivity index (χ4v) is 4.96. The van der Waals surface area contributed by atoms with Crippen LogP contribution in [0.3, 0.4) is 0 Å². The summed E-state index contributed by atoms with van der Waals surface area (Å²) in [5.41, 5.74) is 3.68. The van der Waals surface area contributed by atoms with Gasteiger partial charge in [0, 0.05) is 24.1 Å². The Hall–Kier alpha value is -2.12. The highest BCUT2D eigenvalue weighted by Crippen LogP contribution is 2.34. The number of carboxylic acids is 1. The molecule has 1 atom stereocenters. The van der Waals surface area contributed by atoms with E-state index in [1.807, 2.05) is 11.8 Å². The number of benzene rings is 1. The molecule has 0 saturated carbocycles. The number of aromatic carboxylic acids is 1. The molecule has 2 aromatic rings. The molecule has 1 aromatic heterocycles. The van der Waals surface area contributed by atoms with Gasteiger partial charge in [0.15, 0.2) is 10.0 Å². The zero-order valence-electron chi connectivity index (χ0n) is 15.3. The van der Waals surface area contributed by atoms with Crippen LogP contribution in [0.5, 0.6) is 0 Å². The van der Waals surface area contributed by atoms with Crippen LogP contribution in [0.2, 0.25) is 0 Å². The molecule has 1 aliphatic rings. The van der Waals surface area contributed by atoms with Crippen LogP contribution in [0.4, 0.5) is 0 Å². The first-order valence-electron chi connectivity index (χ1n) is 8.84. The number of thioether (sulfide) groups is 1. The Kier molecular flexibility index (Phi) is 6.34. The number of amides is 1. The molecule has 2 heterocycles. The number of likely N-dealkylation sites (tertiary alicyclic amines) is 1. The van der Waals surface area contributed by atoms with Gasteiger partial charge in [-0.05, 0) is 37.0 Å². The summed E-state index contributed by atoms with van der Waals surface area (Å²) in [6.45, 7) is 4.75. The van der Waals surface area contributed by atoms with Crippen molar-refractivity contribution < 1.29 is 14.7 Å². The summed E-state index contributed by atoms with van der Waals surface area (Å²) < 4.78 is 0.724. The zero-order valence-corrected chi connectivity index (χ0v) is 17.0. The molecule has 0 spiro atoms. The van der Waals surface area contributed by atoms with E-state index in [9.17, 15) is 9.59 Å². The number of nitrogens with zero attached hydrogens (tertiary/aromatic N) is 2. The van der Waals surface area contributed by atoms with Gasteiger partial charge in [0.25, 0.3) is 0 Å². The highest BCUT2D eigenvalue weighted by molar-refractivity contribution is 8.01. The van der Waals surface area contributed by atoms with Crippen molar-refractivity contribution in [2.75, 3.05) is 12.3 Å². The quantitative estimate of drug-likeness (QED) is 0.679. The van der Waals surface area contributed by atoms with E-state index < -0.39 is 5.97 Å². The monoisotopic (exact) mass is 402 g/mol. The second-order valence-electron chi connectivity index (χ2n) is 6.39. The van der Waals surface area contributed by atoms with E-state index in [0.29, 0.717) is 18.7 Å². The SMILES string of the molecule is C/C=C(\C)c1ccc(C2CCC(=O)N2CCSc2nc(C(=O)O)cs2)cc1. The Morgan fingerprint density at radius 3 is 2.78 bits per heavy atom. The van der Waals surface area contributed by atoms with E-state index in [1.54, 1.807) is 5.38 Å². The van der Waals surface area contributed by atoms with Gasteiger partial charge >= 0.3 is 5.97 Å². The van der Waals surface area contributed by atoms with Crippen LogP contribution in [0.25, 0.3) is 5.57 Å². The standard InChI is InChI=1S/C20H22N2O3S2/c1-3-13(2)14-4-6-15(7-5-14)17-8-9-18(23)22(17)10-11-26-20-21-16(12-27-20)19(24)25/h3-7,12,17H,8-11H2,1-2H3,(H,24,25)/b13-3+. The van der Waals surface area contributed by atoms with E-state index in [1.165, 1.54) is 39.8 Å². The first kappa shape index (κ1) is 19.6. The average Bonchev–Trinajstić information content (AvgIpc) is 3.29. The lowest BCUT2D eigenvalue weighted by molar-refractivity contribution is -0.128. The molecule has 5 nitrogen and oxygen atoms in total. The minimum atomic E-state index is -1.01. The van der Waals surface area contributed by atoms with Gasteiger partial charge in [-0.1, -0.05) is 42.1 Å². The fourth-order valence-electron chi connectivity index (χ4n) is 3.15. The van der Waals surface area contributed by atoms with E-state index in [-0.39, 0.29) is 17.6 Å². The number of carbonyl (C=O) groups is 2. The van der Waals surface area contributed by atoms with Crippen molar-refractivity contribution in [3.63, 3.8) is 0 Å². The number of carbonyl (C=O) groups excluding carboxylic acids is 1. The van der Waals surface area contributed by atoms with Gasteiger partial charge in [0.05, 0.1) is 6.04 Å². The number of rotatable bonds is 7. The molecule has 3 rings (SSSR count). The number of allylic oxidation sites excluding steroid dienone is 2. The van der Waals surface area contributed by atoms with Gasteiger partial charge in [-0.15, -0.1) is 11.3 Å². The maximum Gasteiger partial charge on any atom is 0.355 e. The summed E-state index contributed by atoms with van der Waals surface area (Å²) in [4.78, 5) is 29.3. The molecule has 7 heteroatoms. The van der Waals surface area contributed by atoms with Crippen molar-refractivity contribution in [1.82, 2.24) is 9.88 Å². The molecule has 0 radical (unpaired) electrons. The number of hydrogen-bond acceptors (Lipinski definition) is 5. The molecule has 1 aliphatic heterocycles. The minimum Gasteiger partial charge on any atom is -0.476 e. The lowest BCUT2D eigenvalue weighted by atomic mass is 10.00. The van der Waals surface area contributed by atoms with Gasteiger partial charge in [-0.2, -0.15) is 0 Å². The summed E-state index contributed by atoms with van der Waals surface area (Å²) >= 11 is 2.82. The van der Waals surface area contributed by atoms with Crippen LogP contribution >= 0.6 is 23.1 Å². The molecular weight excluding hydrogens is 380 g/mol. The lowest BCUT2D eigenvalue weighted by Gasteiger charge is -2.25. The maximum atomic E-state index is 12.3. The summed E-state index contributed by atoms with van der Waals surface area (Å²) in [7, 11) is 0. The van der Waals surface area contributed by atoms with Crippen molar-refractivity contribution in [1.29, 1.82) is 0 Å². The molecule has 1 fully saturated rings. The average molecular weight is 403 g/mol. The highest BCUT2D eigenvalue weighted by Gasteiger charge is 2.31. The predicted octanol–water partition coefficient (Wildman–Crippen LogP) is 4.72. The Labute approximate surface area is 167 Å². The van der Waals surface area contributed by atoms with E-state index in [2.05, 4.69) is 42.2 Å². The molecule has 1 aromatic carbocycles. The number of thiazole rings is 1. The van der Waals surface area contributed by atoms with Crippen molar-refractivity contribution in [3.05, 3.63) is 52.5 Å². The van der Waals surface area contributed by atoms with Crippen LogP contribution in [0.15, 0.2) is 40.1 Å². The number of carboxylic acid groups (broad SMARTS) is 1. The van der Waals surface area contributed by atoms with E-state index in [4.69, 9.17) is 5.11 Å². The molecule has 0 aliphatic carbocycles. The smallest absolute Gasteiger partial charge is 0.355 e. The molecule has 1 N–H and O–H groups in total. The van der Waals surface area contributed by atoms with Crippen LogP contribution in [-0.4, -0.2) is 39.2 Å². The van der Waals surface area contributed by atoms with Gasteiger partial charge in [0.2, 0.25) is 5.91 Å². The molecule has 1 unspecified atom stereocenters. The molecule has 27 heavy (non-hydrogen) atoms. The van der Waals surface area contributed by atoms with Crippen molar-refractivity contribution in [2.45, 2.75) is 37.1 Å². The van der Waals surface area contributed by atoms with Gasteiger partial charge in [-0.25, -0.2) is 9.78 Å². The Morgan fingerprint density at radius 1 is 1.41 bits per heavy atom. The molecule has 1 amide bonds. The third-order valence-corrected chi connectivity index (χ3v) is 6.77. The Bertz CT molecular complexity index is 858. The summed E-state index contributed by atoms with van der Waals surface area (Å²) in [6, 6.07) is 8.58. The normalized spacial score (nSPS) is 17.6. The van der Waals surface area contributed by atoms with Gasteiger partial charge in [-0.3, -0.25) is 4.79 Å². The largest absolute Gasteiger partial charge is 0.476 e. The lowest BCUT2D eigenvalue weighted by Crippen LogP contribution is -2.29. The summed E-state index contributed by atoms with van der Waals surface area (Å²) in [5.74, 6) is -0.130. The second kappa shape index (κ2) is 8.71. The highest BCUT2D eigenvalue weighted by atomic mass is 32.2. The van der Waals surface area contributed by atoms with Crippen molar-refractivity contribution in [3.8, 4) is 0 Å². The zero-order chi connectivity index (χ0) is 19.4. The van der Waals surface area contributed by atoms with Crippen LogP contribution in [0.1, 0.15) is 54.3 Å². The van der Waals surface area contributed by atoms with Gasteiger partial charge < -0.3 is 10.0 Å². The van der Waals surface area contributed by atoms with E-state index in [0.717, 1.165) is 10.8 Å². The predicted molar refractivity (Wildman–Crippen MR) is 109 cm³/mol.